The lowest BCUT2D eigenvalue weighted by atomic mass is 9.77. The van der Waals surface area contributed by atoms with Crippen LogP contribution in [0.1, 0.15) is 66.7 Å². The Hall–Kier alpha value is -0.0400. The number of hydrogen-bond acceptors (Lipinski definition) is 1. The molecule has 1 rings (SSSR count). The Morgan fingerprint density at radius 3 is 2.31 bits per heavy atom. The van der Waals surface area contributed by atoms with E-state index in [1.54, 1.807) is 0 Å². The topological polar surface area (TPSA) is 12.0 Å². The lowest BCUT2D eigenvalue weighted by molar-refractivity contribution is 0.199. The van der Waals surface area contributed by atoms with Gasteiger partial charge in [0.25, 0.3) is 0 Å². The van der Waals surface area contributed by atoms with Crippen molar-refractivity contribution in [1.29, 1.82) is 0 Å². The molecule has 2 atom stereocenters. The van der Waals surface area contributed by atoms with Crippen molar-refractivity contribution in [3.8, 4) is 0 Å². The van der Waals surface area contributed by atoms with E-state index in [0.717, 1.165) is 17.9 Å². The Bertz CT molecular complexity index is 190. The minimum atomic E-state index is 0.467. The minimum Gasteiger partial charge on any atom is -0.314 e. The Morgan fingerprint density at radius 2 is 1.75 bits per heavy atom. The van der Waals surface area contributed by atoms with Crippen LogP contribution in [0.15, 0.2) is 0 Å². The Balaban J connectivity index is 2.33. The number of nitrogens with one attached hydrogen (secondary N) is 1. The molecule has 0 aromatic rings. The second-order valence-corrected chi connectivity index (χ2v) is 7.06. The van der Waals surface area contributed by atoms with Crippen LogP contribution in [0.2, 0.25) is 0 Å². The van der Waals surface area contributed by atoms with E-state index in [2.05, 4.69) is 39.9 Å². The summed E-state index contributed by atoms with van der Waals surface area (Å²) >= 11 is 0. The first kappa shape index (κ1) is 14.0. The fourth-order valence-corrected chi connectivity index (χ4v) is 2.84. The average Bonchev–Trinajstić information content (AvgIpc) is 2.16. The molecule has 0 spiro atoms. The van der Waals surface area contributed by atoms with Crippen LogP contribution in [0.5, 0.6) is 0 Å². The van der Waals surface area contributed by atoms with Gasteiger partial charge in [-0.15, -0.1) is 0 Å². The second kappa shape index (κ2) is 6.05. The predicted molar refractivity (Wildman–Crippen MR) is 72.7 cm³/mol. The summed E-state index contributed by atoms with van der Waals surface area (Å²) in [6.07, 6.45) is 6.99. The van der Waals surface area contributed by atoms with Crippen molar-refractivity contribution in [2.24, 2.45) is 17.3 Å². The molecule has 0 radical (unpaired) electrons. The molecule has 1 fully saturated rings. The van der Waals surface area contributed by atoms with E-state index in [0.29, 0.717) is 5.41 Å². The van der Waals surface area contributed by atoms with E-state index in [9.17, 15) is 0 Å². The van der Waals surface area contributed by atoms with Gasteiger partial charge in [-0.3, -0.25) is 0 Å². The van der Waals surface area contributed by atoms with Gasteiger partial charge < -0.3 is 5.32 Å². The Kier molecular flexibility index (Phi) is 5.30. The zero-order valence-corrected chi connectivity index (χ0v) is 12.0. The van der Waals surface area contributed by atoms with Gasteiger partial charge in [-0.2, -0.15) is 0 Å². The molecule has 1 aliphatic rings. The van der Waals surface area contributed by atoms with Gasteiger partial charge >= 0.3 is 0 Å². The standard InChI is InChI=1S/C15H31N/c1-12(2)13-8-6-7-9-14(13)16-11-10-15(3,4)5/h12-14,16H,6-11H2,1-5H3. The monoisotopic (exact) mass is 225 g/mol. The summed E-state index contributed by atoms with van der Waals surface area (Å²) in [4.78, 5) is 0. The fraction of sp³-hybridized carbons (Fsp3) is 1.00. The summed E-state index contributed by atoms with van der Waals surface area (Å²) < 4.78 is 0. The van der Waals surface area contributed by atoms with E-state index in [-0.39, 0.29) is 0 Å². The van der Waals surface area contributed by atoms with Gasteiger partial charge in [-0.05, 0) is 43.1 Å². The molecule has 0 saturated heterocycles. The molecule has 1 saturated carbocycles. The summed E-state index contributed by atoms with van der Waals surface area (Å²) in [5.74, 6) is 1.75. The first-order valence-corrected chi connectivity index (χ1v) is 7.13. The summed E-state index contributed by atoms with van der Waals surface area (Å²) in [5, 5.41) is 3.81. The van der Waals surface area contributed by atoms with Crippen molar-refractivity contribution in [2.45, 2.75) is 72.8 Å². The Labute approximate surface area is 102 Å². The molecular weight excluding hydrogens is 194 g/mol. The van der Waals surface area contributed by atoms with Crippen LogP contribution < -0.4 is 5.32 Å². The van der Waals surface area contributed by atoms with Crippen molar-refractivity contribution in [2.75, 3.05) is 6.54 Å². The molecule has 96 valence electrons. The molecule has 1 nitrogen and oxygen atoms in total. The fourth-order valence-electron chi connectivity index (χ4n) is 2.84. The molecule has 0 heterocycles. The summed E-state index contributed by atoms with van der Waals surface area (Å²) in [5.41, 5.74) is 0.467. The van der Waals surface area contributed by atoms with Crippen molar-refractivity contribution in [3.63, 3.8) is 0 Å². The minimum absolute atomic E-state index is 0.467. The van der Waals surface area contributed by atoms with Gasteiger partial charge in [0, 0.05) is 6.04 Å². The summed E-state index contributed by atoms with van der Waals surface area (Å²) in [6.45, 7) is 12.9. The smallest absolute Gasteiger partial charge is 0.00977 e. The van der Waals surface area contributed by atoms with Crippen molar-refractivity contribution in [3.05, 3.63) is 0 Å². The average molecular weight is 225 g/mol. The summed E-state index contributed by atoms with van der Waals surface area (Å²) in [7, 11) is 0. The van der Waals surface area contributed by atoms with Gasteiger partial charge in [0.2, 0.25) is 0 Å². The largest absolute Gasteiger partial charge is 0.314 e. The number of rotatable bonds is 4. The highest BCUT2D eigenvalue weighted by Crippen LogP contribution is 2.30. The highest BCUT2D eigenvalue weighted by molar-refractivity contribution is 4.83. The summed E-state index contributed by atoms with van der Waals surface area (Å²) in [6, 6.07) is 0.788. The molecule has 1 heteroatoms. The third kappa shape index (κ3) is 4.86. The zero-order chi connectivity index (χ0) is 12.2. The first-order valence-electron chi connectivity index (χ1n) is 7.13. The molecule has 0 bridgehead atoms. The van der Waals surface area contributed by atoms with Crippen LogP contribution in [0.3, 0.4) is 0 Å². The third-order valence-corrected chi connectivity index (χ3v) is 3.96. The normalized spacial score (nSPS) is 27.4. The van der Waals surface area contributed by atoms with Crippen LogP contribution in [-0.2, 0) is 0 Å². The van der Waals surface area contributed by atoms with E-state index in [4.69, 9.17) is 0 Å². The van der Waals surface area contributed by atoms with Crippen LogP contribution in [0.25, 0.3) is 0 Å². The quantitative estimate of drug-likeness (QED) is 0.755. The van der Waals surface area contributed by atoms with E-state index >= 15 is 0 Å². The molecular formula is C15H31N. The Morgan fingerprint density at radius 1 is 1.12 bits per heavy atom. The van der Waals surface area contributed by atoms with Gasteiger partial charge in [0.15, 0.2) is 0 Å². The van der Waals surface area contributed by atoms with Gasteiger partial charge in [-0.1, -0.05) is 47.5 Å². The molecule has 1 aliphatic carbocycles. The number of hydrogen-bond donors (Lipinski definition) is 1. The maximum Gasteiger partial charge on any atom is 0.00977 e. The maximum absolute atomic E-state index is 3.81. The lowest BCUT2D eigenvalue weighted by Crippen LogP contribution is -2.41. The molecule has 1 N–H and O–H groups in total. The highest BCUT2D eigenvalue weighted by atomic mass is 14.9. The van der Waals surface area contributed by atoms with E-state index in [1.165, 1.54) is 38.6 Å². The van der Waals surface area contributed by atoms with Gasteiger partial charge in [-0.25, -0.2) is 0 Å². The molecule has 0 aromatic carbocycles. The van der Waals surface area contributed by atoms with Crippen molar-refractivity contribution >= 4 is 0 Å². The first-order chi connectivity index (χ1) is 7.40. The molecule has 0 aliphatic heterocycles. The maximum atomic E-state index is 3.81. The van der Waals surface area contributed by atoms with Gasteiger partial charge in [0.1, 0.15) is 0 Å². The van der Waals surface area contributed by atoms with Crippen LogP contribution in [0.4, 0.5) is 0 Å². The van der Waals surface area contributed by atoms with E-state index in [1.807, 2.05) is 0 Å². The molecule has 0 aromatic heterocycles. The van der Waals surface area contributed by atoms with Crippen LogP contribution in [0, 0.1) is 17.3 Å². The lowest BCUT2D eigenvalue weighted by Gasteiger charge is -2.35. The molecule has 16 heavy (non-hydrogen) atoms. The van der Waals surface area contributed by atoms with E-state index < -0.39 is 0 Å². The van der Waals surface area contributed by atoms with Crippen LogP contribution in [-0.4, -0.2) is 12.6 Å². The SMILES string of the molecule is CC(C)C1CCCCC1NCCC(C)(C)C. The van der Waals surface area contributed by atoms with Crippen molar-refractivity contribution in [1.82, 2.24) is 5.32 Å². The zero-order valence-electron chi connectivity index (χ0n) is 12.0. The van der Waals surface area contributed by atoms with Crippen molar-refractivity contribution < 1.29 is 0 Å². The molecule has 0 amide bonds. The van der Waals surface area contributed by atoms with Crippen LogP contribution >= 0.6 is 0 Å². The molecule has 2 unspecified atom stereocenters. The highest BCUT2D eigenvalue weighted by Gasteiger charge is 2.27. The van der Waals surface area contributed by atoms with Gasteiger partial charge in [0.05, 0.1) is 0 Å². The predicted octanol–water partition coefficient (Wildman–Crippen LogP) is 4.23. The third-order valence-electron chi connectivity index (χ3n) is 3.96. The second-order valence-electron chi connectivity index (χ2n) is 7.06.